The highest BCUT2D eigenvalue weighted by Gasteiger charge is 2.43. The summed E-state index contributed by atoms with van der Waals surface area (Å²) in [5, 5.41) is 7.26. The summed E-state index contributed by atoms with van der Waals surface area (Å²) in [6, 6.07) is 27.6. The molecule has 0 N–H and O–H groups in total. The molecule has 1 aliphatic heterocycles. The summed E-state index contributed by atoms with van der Waals surface area (Å²) in [7, 11) is 0. The fraction of sp³-hybridized carbons (Fsp3) is 0.185. The molecule has 0 spiro atoms. The van der Waals surface area contributed by atoms with Gasteiger partial charge in [0.05, 0.1) is 11.8 Å². The van der Waals surface area contributed by atoms with Crippen LogP contribution in [0.3, 0.4) is 0 Å². The third-order valence-electron chi connectivity index (χ3n) is 6.08. The van der Waals surface area contributed by atoms with Gasteiger partial charge >= 0.3 is 0 Å². The molecule has 2 aliphatic rings. The SMILES string of the molecule is O=C(c1ccc(Cl)cc1)N1N=C2/C(=C/c3ccccc3)CCC[C@H]2[C@@H]1c1ccccc1. The molecule has 4 heteroatoms. The Hall–Kier alpha value is -3.17. The van der Waals surface area contributed by atoms with Gasteiger partial charge in [0.25, 0.3) is 5.91 Å². The molecule has 1 aliphatic carbocycles. The van der Waals surface area contributed by atoms with Crippen LogP contribution in [0.4, 0.5) is 0 Å². The maximum Gasteiger partial charge on any atom is 0.274 e. The standard InChI is InChI=1S/C27H23ClN2O/c28-23-16-14-21(15-17-23)27(31)30-26(20-10-5-2-6-11-20)24-13-7-12-22(25(24)29-30)18-19-8-3-1-4-9-19/h1-6,8-11,14-18,24,26H,7,12-13H2/b22-18+/t24-,26+/m1/s1. The second-order valence-corrected chi connectivity index (χ2v) is 8.51. The summed E-state index contributed by atoms with van der Waals surface area (Å²) in [6.45, 7) is 0. The topological polar surface area (TPSA) is 32.7 Å². The van der Waals surface area contributed by atoms with Crippen LogP contribution >= 0.6 is 11.6 Å². The molecule has 0 aromatic heterocycles. The highest BCUT2D eigenvalue weighted by molar-refractivity contribution is 6.30. The summed E-state index contributed by atoms with van der Waals surface area (Å²) in [6.07, 6.45) is 5.32. The lowest BCUT2D eigenvalue weighted by Gasteiger charge is -2.29. The zero-order valence-corrected chi connectivity index (χ0v) is 17.9. The van der Waals surface area contributed by atoms with Crippen molar-refractivity contribution in [3.63, 3.8) is 0 Å². The molecule has 3 aromatic carbocycles. The van der Waals surface area contributed by atoms with Crippen LogP contribution in [0.2, 0.25) is 5.02 Å². The normalized spacial score (nSPS) is 21.6. The molecular weight excluding hydrogens is 404 g/mol. The summed E-state index contributed by atoms with van der Waals surface area (Å²) < 4.78 is 0. The molecule has 1 fully saturated rings. The fourth-order valence-electron chi connectivity index (χ4n) is 4.63. The van der Waals surface area contributed by atoms with E-state index >= 15 is 0 Å². The van der Waals surface area contributed by atoms with Crippen molar-refractivity contribution in [2.24, 2.45) is 11.0 Å². The number of benzene rings is 3. The first kappa shape index (κ1) is 19.8. The van der Waals surface area contributed by atoms with Gasteiger partial charge in [-0.1, -0.05) is 72.3 Å². The van der Waals surface area contributed by atoms with Crippen LogP contribution in [-0.4, -0.2) is 16.6 Å². The van der Waals surface area contributed by atoms with Gasteiger partial charge in [-0.15, -0.1) is 0 Å². The Balaban J connectivity index is 1.57. The Bertz CT molecular complexity index is 1140. The second-order valence-electron chi connectivity index (χ2n) is 8.08. The summed E-state index contributed by atoms with van der Waals surface area (Å²) in [5.41, 5.74) is 5.16. The number of hydrogen-bond donors (Lipinski definition) is 0. The molecule has 0 bridgehead atoms. The lowest BCUT2D eigenvalue weighted by molar-refractivity contribution is 0.0681. The van der Waals surface area contributed by atoms with Gasteiger partial charge in [0.2, 0.25) is 0 Å². The molecular formula is C27H23ClN2O. The minimum absolute atomic E-state index is 0.0912. The first-order valence-corrected chi connectivity index (χ1v) is 11.1. The first-order chi connectivity index (χ1) is 15.2. The zero-order chi connectivity index (χ0) is 21.2. The van der Waals surface area contributed by atoms with E-state index in [4.69, 9.17) is 16.7 Å². The van der Waals surface area contributed by atoms with E-state index in [1.165, 1.54) is 11.1 Å². The number of halogens is 1. The van der Waals surface area contributed by atoms with Crippen LogP contribution in [-0.2, 0) is 0 Å². The van der Waals surface area contributed by atoms with Gasteiger partial charge in [0, 0.05) is 16.5 Å². The number of allylic oxidation sites excluding steroid dienone is 1. The number of carbonyl (C=O) groups excluding carboxylic acids is 1. The van der Waals surface area contributed by atoms with Gasteiger partial charge in [-0.2, -0.15) is 5.10 Å². The zero-order valence-electron chi connectivity index (χ0n) is 17.1. The Morgan fingerprint density at radius 1 is 0.935 bits per heavy atom. The van der Waals surface area contributed by atoms with E-state index in [-0.39, 0.29) is 17.9 Å². The van der Waals surface area contributed by atoms with Gasteiger partial charge < -0.3 is 0 Å². The van der Waals surface area contributed by atoms with E-state index < -0.39 is 0 Å². The van der Waals surface area contributed by atoms with Gasteiger partial charge in [-0.3, -0.25) is 4.79 Å². The average Bonchev–Trinajstić information content (AvgIpc) is 3.21. The van der Waals surface area contributed by atoms with Crippen LogP contribution in [0.5, 0.6) is 0 Å². The highest BCUT2D eigenvalue weighted by atomic mass is 35.5. The van der Waals surface area contributed by atoms with Crippen LogP contribution in [0.15, 0.2) is 95.6 Å². The molecule has 1 amide bonds. The van der Waals surface area contributed by atoms with E-state index in [9.17, 15) is 4.79 Å². The second kappa shape index (κ2) is 8.52. The Morgan fingerprint density at radius 2 is 1.61 bits per heavy atom. The predicted octanol–water partition coefficient (Wildman–Crippen LogP) is 6.78. The van der Waals surface area contributed by atoms with Gasteiger partial charge in [-0.25, -0.2) is 5.01 Å². The molecule has 0 saturated heterocycles. The number of fused-ring (bicyclic) bond motifs is 1. The maximum absolute atomic E-state index is 13.5. The molecule has 0 radical (unpaired) electrons. The molecule has 154 valence electrons. The van der Waals surface area contributed by atoms with Crippen molar-refractivity contribution in [3.8, 4) is 0 Å². The van der Waals surface area contributed by atoms with Crippen molar-refractivity contribution in [1.29, 1.82) is 0 Å². The number of rotatable bonds is 3. The quantitative estimate of drug-likeness (QED) is 0.454. The van der Waals surface area contributed by atoms with E-state index in [0.717, 1.165) is 30.5 Å². The third-order valence-corrected chi connectivity index (χ3v) is 6.33. The molecule has 3 aromatic rings. The summed E-state index contributed by atoms with van der Waals surface area (Å²) in [5.74, 6) is 0.105. The monoisotopic (exact) mass is 426 g/mol. The lowest BCUT2D eigenvalue weighted by atomic mass is 9.77. The van der Waals surface area contributed by atoms with Crippen molar-refractivity contribution in [2.75, 3.05) is 0 Å². The fourth-order valence-corrected chi connectivity index (χ4v) is 4.75. The van der Waals surface area contributed by atoms with Crippen molar-refractivity contribution in [3.05, 3.63) is 112 Å². The molecule has 5 rings (SSSR count). The number of carbonyl (C=O) groups is 1. The Labute approximate surface area is 187 Å². The van der Waals surface area contributed by atoms with Crippen LogP contribution < -0.4 is 0 Å². The predicted molar refractivity (Wildman–Crippen MR) is 126 cm³/mol. The number of hydrogen-bond acceptors (Lipinski definition) is 2. The van der Waals surface area contributed by atoms with Gasteiger partial charge in [-0.05, 0) is 66.3 Å². The van der Waals surface area contributed by atoms with E-state index in [2.05, 4.69) is 30.3 Å². The number of hydrazone groups is 1. The van der Waals surface area contributed by atoms with Gasteiger partial charge in [0.15, 0.2) is 0 Å². The molecule has 3 nitrogen and oxygen atoms in total. The largest absolute Gasteiger partial charge is 0.274 e. The van der Waals surface area contributed by atoms with E-state index in [0.29, 0.717) is 10.6 Å². The summed E-state index contributed by atoms with van der Waals surface area (Å²) >= 11 is 6.04. The van der Waals surface area contributed by atoms with Crippen LogP contribution in [0.25, 0.3) is 6.08 Å². The first-order valence-electron chi connectivity index (χ1n) is 10.7. The van der Waals surface area contributed by atoms with Crippen molar-refractivity contribution in [2.45, 2.75) is 25.3 Å². The smallest absolute Gasteiger partial charge is 0.267 e. The summed E-state index contributed by atoms with van der Waals surface area (Å²) in [4.78, 5) is 13.5. The third kappa shape index (κ3) is 3.94. The molecule has 31 heavy (non-hydrogen) atoms. The van der Waals surface area contributed by atoms with Crippen LogP contribution in [0, 0.1) is 5.92 Å². The van der Waals surface area contributed by atoms with E-state index in [1.807, 2.05) is 36.4 Å². The molecule has 0 unspecified atom stereocenters. The van der Waals surface area contributed by atoms with Gasteiger partial charge in [0.1, 0.15) is 0 Å². The van der Waals surface area contributed by atoms with Crippen molar-refractivity contribution in [1.82, 2.24) is 5.01 Å². The maximum atomic E-state index is 13.5. The molecule has 1 heterocycles. The van der Waals surface area contributed by atoms with Crippen molar-refractivity contribution >= 4 is 29.3 Å². The lowest BCUT2D eigenvalue weighted by Crippen LogP contribution is -2.31. The van der Waals surface area contributed by atoms with Crippen molar-refractivity contribution < 1.29 is 4.79 Å². The molecule has 1 saturated carbocycles. The van der Waals surface area contributed by atoms with Crippen LogP contribution in [0.1, 0.15) is 46.8 Å². The van der Waals surface area contributed by atoms with E-state index in [1.54, 1.807) is 29.3 Å². The Kier molecular flexibility index (Phi) is 5.44. The minimum atomic E-state index is -0.0983. The molecule has 2 atom stereocenters. The highest BCUT2D eigenvalue weighted by Crippen LogP contribution is 2.44. The average molecular weight is 427 g/mol. The minimum Gasteiger partial charge on any atom is -0.267 e. The number of amides is 1. The Morgan fingerprint density at radius 3 is 2.32 bits per heavy atom. The number of nitrogens with zero attached hydrogens (tertiary/aromatic N) is 2.